The molecule has 3 rings (SSSR count). The molecule has 1 saturated heterocycles. The number of halogens is 2. The number of carbonyl (C=O) groups is 1. The van der Waals surface area contributed by atoms with Gasteiger partial charge < -0.3 is 10.2 Å². The van der Waals surface area contributed by atoms with E-state index in [4.69, 9.17) is 0 Å². The van der Waals surface area contributed by atoms with Crippen molar-refractivity contribution in [2.75, 3.05) is 37.4 Å². The summed E-state index contributed by atoms with van der Waals surface area (Å²) in [7, 11) is -0.918. The number of hydrogen-bond acceptors (Lipinski definition) is 4. The molecule has 2 aromatic carbocycles. The zero-order valence-corrected chi connectivity index (χ0v) is 16.4. The van der Waals surface area contributed by atoms with Crippen LogP contribution in [0.3, 0.4) is 0 Å². The van der Waals surface area contributed by atoms with E-state index in [1.165, 1.54) is 32.3 Å². The summed E-state index contributed by atoms with van der Waals surface area (Å²) >= 11 is 0. The van der Waals surface area contributed by atoms with E-state index in [1.807, 2.05) is 4.90 Å². The van der Waals surface area contributed by atoms with Gasteiger partial charge in [0.25, 0.3) is 5.91 Å². The number of nitrogens with zero attached hydrogens (tertiary/aromatic N) is 2. The molecule has 1 aliphatic heterocycles. The lowest BCUT2D eigenvalue weighted by atomic mass is 10.1. The van der Waals surface area contributed by atoms with Crippen LogP contribution in [0.4, 0.5) is 20.2 Å². The fourth-order valence-corrected chi connectivity index (χ4v) is 4.00. The van der Waals surface area contributed by atoms with Crippen molar-refractivity contribution in [3.05, 3.63) is 53.6 Å². The van der Waals surface area contributed by atoms with Crippen molar-refractivity contribution in [2.45, 2.75) is 17.7 Å². The smallest absolute Gasteiger partial charge is 0.257 e. The molecule has 0 aromatic heterocycles. The van der Waals surface area contributed by atoms with Crippen molar-refractivity contribution in [2.24, 2.45) is 0 Å². The molecule has 0 atom stereocenters. The van der Waals surface area contributed by atoms with Crippen LogP contribution in [-0.4, -0.2) is 45.8 Å². The molecule has 9 heteroatoms. The molecular formula is C19H21F2N3O3S. The zero-order valence-electron chi connectivity index (χ0n) is 15.6. The Morgan fingerprint density at radius 1 is 1.04 bits per heavy atom. The highest BCUT2D eigenvalue weighted by Gasteiger charge is 2.24. The Hall–Kier alpha value is -2.52. The summed E-state index contributed by atoms with van der Waals surface area (Å²) in [4.78, 5) is 14.9. The van der Waals surface area contributed by atoms with E-state index < -0.39 is 27.6 Å². The predicted molar refractivity (Wildman–Crippen MR) is 103 cm³/mol. The summed E-state index contributed by atoms with van der Waals surface area (Å²) in [5.74, 6) is -2.69. The van der Waals surface area contributed by atoms with E-state index in [2.05, 4.69) is 5.32 Å². The van der Waals surface area contributed by atoms with Gasteiger partial charge in [0.1, 0.15) is 0 Å². The molecule has 1 fully saturated rings. The highest BCUT2D eigenvalue weighted by molar-refractivity contribution is 7.89. The van der Waals surface area contributed by atoms with Crippen molar-refractivity contribution in [3.8, 4) is 0 Å². The number of benzene rings is 2. The quantitative estimate of drug-likeness (QED) is 0.824. The van der Waals surface area contributed by atoms with Crippen molar-refractivity contribution >= 4 is 27.3 Å². The largest absolute Gasteiger partial charge is 0.371 e. The van der Waals surface area contributed by atoms with Gasteiger partial charge in [0.2, 0.25) is 10.0 Å². The van der Waals surface area contributed by atoms with Gasteiger partial charge in [-0.2, -0.15) is 0 Å². The molecule has 0 unspecified atom stereocenters. The van der Waals surface area contributed by atoms with Gasteiger partial charge >= 0.3 is 0 Å². The lowest BCUT2D eigenvalue weighted by Gasteiger charge is -2.22. The second-order valence-corrected chi connectivity index (χ2v) is 8.90. The minimum Gasteiger partial charge on any atom is -0.371 e. The summed E-state index contributed by atoms with van der Waals surface area (Å²) in [6.45, 7) is 1.51. The monoisotopic (exact) mass is 409 g/mol. The van der Waals surface area contributed by atoms with Crippen LogP contribution in [0.15, 0.2) is 41.3 Å². The van der Waals surface area contributed by atoms with E-state index in [0.29, 0.717) is 5.69 Å². The molecule has 1 aliphatic rings. The van der Waals surface area contributed by atoms with Crippen LogP contribution in [0, 0.1) is 11.6 Å². The average Bonchev–Trinajstić information content (AvgIpc) is 3.18. The van der Waals surface area contributed by atoms with Crippen molar-refractivity contribution in [1.82, 2.24) is 4.31 Å². The Bertz CT molecular complexity index is 1000. The van der Waals surface area contributed by atoms with Crippen LogP contribution >= 0.6 is 0 Å². The minimum atomic E-state index is -3.73. The third kappa shape index (κ3) is 4.00. The van der Waals surface area contributed by atoms with Crippen LogP contribution in [0.1, 0.15) is 23.2 Å². The maximum absolute atomic E-state index is 13.4. The third-order valence-corrected chi connectivity index (χ3v) is 6.43. The number of hydrogen-bond donors (Lipinski definition) is 1. The topological polar surface area (TPSA) is 69.7 Å². The van der Waals surface area contributed by atoms with E-state index in [9.17, 15) is 22.0 Å². The molecule has 1 N–H and O–H groups in total. The summed E-state index contributed by atoms with van der Waals surface area (Å²) in [5, 5.41) is 2.52. The van der Waals surface area contributed by atoms with Gasteiger partial charge in [-0.15, -0.1) is 0 Å². The Labute approximate surface area is 162 Å². The summed E-state index contributed by atoms with van der Waals surface area (Å²) in [6, 6.07) is 7.44. The number of nitrogens with one attached hydrogen (secondary N) is 1. The first-order valence-corrected chi connectivity index (χ1v) is 10.2. The first-order chi connectivity index (χ1) is 13.2. The van der Waals surface area contributed by atoms with Crippen LogP contribution in [-0.2, 0) is 10.0 Å². The Morgan fingerprint density at radius 2 is 1.71 bits per heavy atom. The summed E-state index contributed by atoms with van der Waals surface area (Å²) in [6.07, 6.45) is 1.95. The van der Waals surface area contributed by atoms with Crippen LogP contribution in [0.25, 0.3) is 0 Å². The SMILES string of the molecule is CN(C)S(=O)(=O)c1ccc(N2CCCC2)c(C(=O)Nc2ccc(F)c(F)c2)c1. The normalized spacial score (nSPS) is 14.5. The number of sulfonamides is 1. The fourth-order valence-electron chi connectivity index (χ4n) is 3.07. The third-order valence-electron chi connectivity index (χ3n) is 4.62. The van der Waals surface area contributed by atoms with Gasteiger partial charge in [0.15, 0.2) is 11.6 Å². The lowest BCUT2D eigenvalue weighted by Crippen LogP contribution is -2.25. The standard InChI is InChI=1S/C19H21F2N3O3S/c1-23(2)28(26,27)14-6-8-18(24-9-3-4-10-24)15(12-14)19(25)22-13-5-7-16(20)17(21)11-13/h5-8,11-12H,3-4,9-10H2,1-2H3,(H,22,25). The molecule has 6 nitrogen and oxygen atoms in total. The molecule has 0 radical (unpaired) electrons. The number of carbonyl (C=O) groups excluding carboxylic acids is 1. The second kappa shape index (κ2) is 7.84. The number of rotatable bonds is 5. The Balaban J connectivity index is 2.01. The van der Waals surface area contributed by atoms with Crippen molar-refractivity contribution in [3.63, 3.8) is 0 Å². The van der Waals surface area contributed by atoms with E-state index >= 15 is 0 Å². The zero-order chi connectivity index (χ0) is 20.5. The van der Waals surface area contributed by atoms with Gasteiger partial charge in [0.05, 0.1) is 10.5 Å². The molecule has 1 heterocycles. The van der Waals surface area contributed by atoms with E-state index in [1.54, 1.807) is 6.07 Å². The summed E-state index contributed by atoms with van der Waals surface area (Å²) in [5.41, 5.74) is 0.849. The molecule has 2 aromatic rings. The predicted octanol–water partition coefficient (Wildman–Crippen LogP) is 3.07. The maximum atomic E-state index is 13.4. The number of amides is 1. The molecule has 0 spiro atoms. The van der Waals surface area contributed by atoms with E-state index in [0.717, 1.165) is 42.4 Å². The fraction of sp³-hybridized carbons (Fsp3) is 0.316. The second-order valence-electron chi connectivity index (χ2n) is 6.74. The van der Waals surface area contributed by atoms with E-state index in [-0.39, 0.29) is 16.1 Å². The minimum absolute atomic E-state index is 0.0177. The van der Waals surface area contributed by atoms with Gasteiger partial charge in [0, 0.05) is 44.6 Å². The lowest BCUT2D eigenvalue weighted by molar-refractivity contribution is 0.102. The van der Waals surface area contributed by atoms with Crippen LogP contribution in [0.5, 0.6) is 0 Å². The highest BCUT2D eigenvalue weighted by atomic mass is 32.2. The Kier molecular flexibility index (Phi) is 5.66. The molecule has 1 amide bonds. The highest BCUT2D eigenvalue weighted by Crippen LogP contribution is 2.29. The molecule has 0 saturated carbocycles. The number of anilines is 2. The maximum Gasteiger partial charge on any atom is 0.257 e. The van der Waals surface area contributed by atoms with Gasteiger partial charge in [-0.05, 0) is 43.2 Å². The first kappa shape index (κ1) is 20.2. The van der Waals surface area contributed by atoms with Crippen molar-refractivity contribution in [1.29, 1.82) is 0 Å². The van der Waals surface area contributed by atoms with Crippen LogP contribution in [0.2, 0.25) is 0 Å². The summed E-state index contributed by atoms with van der Waals surface area (Å²) < 4.78 is 52.6. The van der Waals surface area contributed by atoms with Crippen molar-refractivity contribution < 1.29 is 22.0 Å². The van der Waals surface area contributed by atoms with Gasteiger partial charge in [-0.1, -0.05) is 0 Å². The molecule has 150 valence electrons. The molecule has 28 heavy (non-hydrogen) atoms. The van der Waals surface area contributed by atoms with Gasteiger partial charge in [-0.3, -0.25) is 4.79 Å². The average molecular weight is 409 g/mol. The molecule has 0 aliphatic carbocycles. The molecule has 0 bridgehead atoms. The van der Waals surface area contributed by atoms with Gasteiger partial charge in [-0.25, -0.2) is 21.5 Å². The Morgan fingerprint density at radius 3 is 2.32 bits per heavy atom. The van der Waals surface area contributed by atoms with Crippen LogP contribution < -0.4 is 10.2 Å². The molecular weight excluding hydrogens is 388 g/mol. The first-order valence-electron chi connectivity index (χ1n) is 8.78.